The highest BCUT2D eigenvalue weighted by Crippen LogP contribution is 2.20. The van der Waals surface area contributed by atoms with Gasteiger partial charge in [-0.1, -0.05) is 24.3 Å². The Morgan fingerprint density at radius 1 is 1.29 bits per heavy atom. The van der Waals surface area contributed by atoms with Crippen molar-refractivity contribution in [3.63, 3.8) is 0 Å². The van der Waals surface area contributed by atoms with Crippen LogP contribution in [0.5, 0.6) is 0 Å². The minimum atomic E-state index is -0.00241. The van der Waals surface area contributed by atoms with Crippen LogP contribution in [0.2, 0.25) is 0 Å². The van der Waals surface area contributed by atoms with Crippen molar-refractivity contribution in [2.24, 2.45) is 0 Å². The quantitative estimate of drug-likeness (QED) is 0.706. The normalized spacial score (nSPS) is 20.1. The molecule has 14 heavy (non-hydrogen) atoms. The highest BCUT2D eigenvalue weighted by molar-refractivity contribution is 5.98. The zero-order valence-corrected chi connectivity index (χ0v) is 8.18. The summed E-state index contributed by atoms with van der Waals surface area (Å²) in [4.78, 5) is 13.5. The van der Waals surface area contributed by atoms with Crippen LogP contribution in [0.1, 0.15) is 6.42 Å². The first-order valence-electron chi connectivity index (χ1n) is 4.77. The number of likely N-dealkylation sites (N-methyl/N-ethyl adjacent to an activating group) is 1. The predicted octanol–water partition coefficient (Wildman–Crippen LogP) is 2.02. The van der Waals surface area contributed by atoms with Gasteiger partial charge in [-0.25, -0.2) is 0 Å². The largest absolute Gasteiger partial charge is 0.364 e. The average molecular weight is 187 g/mol. The zero-order chi connectivity index (χ0) is 9.97. The van der Waals surface area contributed by atoms with E-state index in [2.05, 4.69) is 0 Å². The standard InChI is InChI=1S/C12H13NO/c1-13(10-6-3-2-4-7-10)11-8-5-9-12(11)14/h2-7,9,11H,8H2,1H3. The third-order valence-corrected chi connectivity index (χ3v) is 2.60. The van der Waals surface area contributed by atoms with Gasteiger partial charge in [0, 0.05) is 12.7 Å². The van der Waals surface area contributed by atoms with Crippen molar-refractivity contribution in [2.45, 2.75) is 12.5 Å². The summed E-state index contributed by atoms with van der Waals surface area (Å²) in [5.74, 6) is 0.205. The topological polar surface area (TPSA) is 20.3 Å². The maximum atomic E-state index is 11.5. The highest BCUT2D eigenvalue weighted by Gasteiger charge is 2.23. The van der Waals surface area contributed by atoms with E-state index in [1.807, 2.05) is 48.4 Å². The second-order valence-corrected chi connectivity index (χ2v) is 3.50. The number of para-hydroxylation sites is 1. The van der Waals surface area contributed by atoms with Crippen molar-refractivity contribution in [1.82, 2.24) is 0 Å². The first kappa shape index (κ1) is 9.00. The molecule has 0 N–H and O–H groups in total. The van der Waals surface area contributed by atoms with Gasteiger partial charge in [0.25, 0.3) is 0 Å². The lowest BCUT2D eigenvalue weighted by Crippen LogP contribution is -2.35. The van der Waals surface area contributed by atoms with Crippen LogP contribution >= 0.6 is 0 Å². The molecule has 0 spiro atoms. The van der Waals surface area contributed by atoms with Gasteiger partial charge in [-0.05, 0) is 24.6 Å². The number of ketones is 1. The molecule has 1 aromatic rings. The van der Waals surface area contributed by atoms with Crippen LogP contribution in [0.3, 0.4) is 0 Å². The maximum absolute atomic E-state index is 11.5. The fraction of sp³-hybridized carbons (Fsp3) is 0.250. The number of nitrogens with zero attached hydrogens (tertiary/aromatic N) is 1. The Kier molecular flexibility index (Phi) is 2.35. The van der Waals surface area contributed by atoms with Crippen molar-refractivity contribution in [2.75, 3.05) is 11.9 Å². The number of hydrogen-bond acceptors (Lipinski definition) is 2. The van der Waals surface area contributed by atoms with Crippen molar-refractivity contribution in [3.05, 3.63) is 42.5 Å². The third-order valence-electron chi connectivity index (χ3n) is 2.60. The summed E-state index contributed by atoms with van der Waals surface area (Å²) in [7, 11) is 1.96. The van der Waals surface area contributed by atoms with Crippen LogP contribution in [0, 0.1) is 0 Å². The van der Waals surface area contributed by atoms with Gasteiger partial charge in [-0.15, -0.1) is 0 Å². The summed E-state index contributed by atoms with van der Waals surface area (Å²) >= 11 is 0. The van der Waals surface area contributed by atoms with Crippen LogP contribution in [0.4, 0.5) is 5.69 Å². The van der Waals surface area contributed by atoms with Gasteiger partial charge in [0.05, 0.1) is 6.04 Å². The first-order chi connectivity index (χ1) is 6.79. The van der Waals surface area contributed by atoms with Crippen LogP contribution in [-0.2, 0) is 4.79 Å². The van der Waals surface area contributed by atoms with Crippen LogP contribution in [-0.4, -0.2) is 18.9 Å². The molecule has 0 fully saturated rings. The number of benzene rings is 1. The molecule has 0 saturated heterocycles. The lowest BCUT2D eigenvalue weighted by Gasteiger charge is -2.25. The Balaban J connectivity index is 2.17. The number of hydrogen-bond donors (Lipinski definition) is 0. The minimum Gasteiger partial charge on any atom is -0.364 e. The van der Waals surface area contributed by atoms with Crippen LogP contribution in [0.25, 0.3) is 0 Å². The second-order valence-electron chi connectivity index (χ2n) is 3.50. The van der Waals surface area contributed by atoms with Crippen LogP contribution < -0.4 is 4.90 Å². The van der Waals surface area contributed by atoms with Crippen LogP contribution in [0.15, 0.2) is 42.5 Å². The molecule has 1 aliphatic carbocycles. The summed E-state index contributed by atoms with van der Waals surface area (Å²) < 4.78 is 0. The molecule has 2 heteroatoms. The van der Waals surface area contributed by atoms with Crippen molar-refractivity contribution < 1.29 is 4.79 Å². The number of rotatable bonds is 2. The monoisotopic (exact) mass is 187 g/mol. The molecule has 0 aliphatic heterocycles. The maximum Gasteiger partial charge on any atom is 0.178 e. The molecule has 0 radical (unpaired) electrons. The van der Waals surface area contributed by atoms with E-state index in [1.165, 1.54) is 0 Å². The second kappa shape index (κ2) is 3.66. The molecule has 0 amide bonds. The molecule has 72 valence electrons. The Morgan fingerprint density at radius 2 is 2.00 bits per heavy atom. The molecule has 0 heterocycles. The Morgan fingerprint density at radius 3 is 2.57 bits per heavy atom. The van der Waals surface area contributed by atoms with E-state index in [0.29, 0.717) is 0 Å². The van der Waals surface area contributed by atoms with Crippen molar-refractivity contribution in [3.8, 4) is 0 Å². The molecule has 1 unspecified atom stereocenters. The molecular formula is C12H13NO. The Labute approximate surface area is 83.8 Å². The molecule has 1 atom stereocenters. The zero-order valence-electron chi connectivity index (χ0n) is 8.18. The molecule has 0 saturated carbocycles. The molecular weight excluding hydrogens is 174 g/mol. The summed E-state index contributed by atoms with van der Waals surface area (Å²) in [5.41, 5.74) is 1.09. The number of anilines is 1. The Hall–Kier alpha value is -1.57. The predicted molar refractivity (Wildman–Crippen MR) is 57.4 cm³/mol. The third kappa shape index (κ3) is 1.55. The van der Waals surface area contributed by atoms with Gasteiger partial charge in [0.15, 0.2) is 5.78 Å². The summed E-state index contributed by atoms with van der Waals surface area (Å²) in [5, 5.41) is 0. The molecule has 0 bridgehead atoms. The van der Waals surface area contributed by atoms with Gasteiger partial charge in [0.1, 0.15) is 0 Å². The van der Waals surface area contributed by atoms with Gasteiger partial charge in [0.2, 0.25) is 0 Å². The fourth-order valence-corrected chi connectivity index (χ4v) is 1.73. The first-order valence-corrected chi connectivity index (χ1v) is 4.77. The van der Waals surface area contributed by atoms with E-state index in [1.54, 1.807) is 6.08 Å². The molecule has 1 aliphatic rings. The van der Waals surface area contributed by atoms with Gasteiger partial charge in [-0.2, -0.15) is 0 Å². The van der Waals surface area contributed by atoms with E-state index >= 15 is 0 Å². The van der Waals surface area contributed by atoms with Crippen molar-refractivity contribution >= 4 is 11.5 Å². The van der Waals surface area contributed by atoms with E-state index in [0.717, 1.165) is 12.1 Å². The average Bonchev–Trinajstić information content (AvgIpc) is 2.65. The fourth-order valence-electron chi connectivity index (χ4n) is 1.73. The molecule has 2 rings (SSSR count). The SMILES string of the molecule is CN(c1ccccc1)C1CC=CC1=O. The van der Waals surface area contributed by atoms with E-state index in [-0.39, 0.29) is 11.8 Å². The van der Waals surface area contributed by atoms with Gasteiger partial charge >= 0.3 is 0 Å². The summed E-state index contributed by atoms with van der Waals surface area (Å²) in [6.07, 6.45) is 4.43. The molecule has 2 nitrogen and oxygen atoms in total. The summed E-state index contributed by atoms with van der Waals surface area (Å²) in [6.45, 7) is 0. The van der Waals surface area contributed by atoms with Crippen molar-refractivity contribution in [1.29, 1.82) is 0 Å². The van der Waals surface area contributed by atoms with E-state index < -0.39 is 0 Å². The molecule has 1 aromatic carbocycles. The highest BCUT2D eigenvalue weighted by atomic mass is 16.1. The van der Waals surface area contributed by atoms with Gasteiger partial charge in [-0.3, -0.25) is 4.79 Å². The summed E-state index contributed by atoms with van der Waals surface area (Å²) in [6, 6.07) is 9.98. The van der Waals surface area contributed by atoms with E-state index in [4.69, 9.17) is 0 Å². The smallest absolute Gasteiger partial charge is 0.178 e. The number of carbonyl (C=O) groups is 1. The number of carbonyl (C=O) groups excluding carboxylic acids is 1. The molecule has 0 aromatic heterocycles. The van der Waals surface area contributed by atoms with E-state index in [9.17, 15) is 4.79 Å². The minimum absolute atomic E-state index is 0.00241. The lowest BCUT2D eigenvalue weighted by atomic mass is 10.1. The van der Waals surface area contributed by atoms with Gasteiger partial charge < -0.3 is 4.90 Å². The Bertz CT molecular complexity index is 356. The lowest BCUT2D eigenvalue weighted by molar-refractivity contribution is -0.115.